The van der Waals surface area contributed by atoms with Crippen molar-refractivity contribution in [1.82, 2.24) is 0 Å². The number of hydrogen-bond donors (Lipinski definition) is 2. The molecule has 0 bridgehead atoms. The number of hydrogen-bond acceptors (Lipinski definition) is 2. The van der Waals surface area contributed by atoms with Gasteiger partial charge in [0.05, 0.1) is 0 Å². The molecule has 2 N–H and O–H groups in total. The van der Waals surface area contributed by atoms with E-state index in [4.69, 9.17) is 5.11 Å². The fourth-order valence-corrected chi connectivity index (χ4v) is 1.05. The molecule has 17 heavy (non-hydrogen) atoms. The number of carboxylic acids is 1. The van der Waals surface area contributed by atoms with Gasteiger partial charge < -0.3 is 10.4 Å². The van der Waals surface area contributed by atoms with Crippen molar-refractivity contribution in [3.8, 4) is 0 Å². The average molecular weight is 241 g/mol. The first kappa shape index (κ1) is 12.8. The number of rotatable bonds is 3. The average Bonchev–Trinajstić information content (AvgIpc) is 2.22. The fourth-order valence-electron chi connectivity index (χ4n) is 1.05. The zero-order chi connectivity index (χ0) is 13.0. The lowest BCUT2D eigenvalue weighted by Crippen LogP contribution is -2.14. The van der Waals surface area contributed by atoms with Crippen LogP contribution in [0, 0.1) is 11.6 Å². The first-order valence-electron chi connectivity index (χ1n) is 4.58. The maximum Gasteiger partial charge on any atom is 0.328 e. The van der Waals surface area contributed by atoms with E-state index in [1.54, 1.807) is 0 Å². The molecule has 0 aromatic heterocycles. The van der Waals surface area contributed by atoms with E-state index in [0.29, 0.717) is 0 Å². The molecule has 0 heterocycles. The van der Waals surface area contributed by atoms with E-state index in [0.717, 1.165) is 18.2 Å². The molecule has 1 aromatic carbocycles. The molecule has 0 spiro atoms. The molecule has 1 aromatic rings. The molecular formula is C11H9F2NO3. The van der Waals surface area contributed by atoms with Crippen LogP contribution in [0.4, 0.5) is 14.5 Å². The third-order valence-electron chi connectivity index (χ3n) is 1.88. The molecule has 0 saturated carbocycles. The van der Waals surface area contributed by atoms with Crippen molar-refractivity contribution in [3.05, 3.63) is 41.5 Å². The summed E-state index contributed by atoms with van der Waals surface area (Å²) in [5.74, 6) is -4.08. The van der Waals surface area contributed by atoms with Crippen molar-refractivity contribution in [2.24, 2.45) is 0 Å². The summed E-state index contributed by atoms with van der Waals surface area (Å²) in [5.41, 5.74) is -0.00530. The summed E-state index contributed by atoms with van der Waals surface area (Å²) < 4.78 is 25.4. The fraction of sp³-hybridized carbons (Fsp3) is 0.0909. The number of anilines is 1. The quantitative estimate of drug-likeness (QED) is 0.794. The Balaban J connectivity index is 2.81. The number of aliphatic carboxylic acids is 1. The van der Waals surface area contributed by atoms with Gasteiger partial charge in [0, 0.05) is 23.4 Å². The standard InChI is InChI=1S/C11H9F2NO3/c1-6(4-10(15)16)11(17)14-7-2-3-8(12)9(13)5-7/h2-5H,1H3,(H,14,17)(H,15,16)/b6-4+. The summed E-state index contributed by atoms with van der Waals surface area (Å²) in [6.07, 6.45) is 0.717. The zero-order valence-electron chi connectivity index (χ0n) is 8.83. The van der Waals surface area contributed by atoms with Gasteiger partial charge in [-0.25, -0.2) is 13.6 Å². The molecule has 0 unspecified atom stereocenters. The molecule has 0 fully saturated rings. The van der Waals surface area contributed by atoms with E-state index in [9.17, 15) is 18.4 Å². The van der Waals surface area contributed by atoms with Crippen molar-refractivity contribution in [2.45, 2.75) is 6.92 Å². The molecule has 6 heteroatoms. The van der Waals surface area contributed by atoms with Gasteiger partial charge in [0.2, 0.25) is 0 Å². The highest BCUT2D eigenvalue weighted by Gasteiger charge is 2.08. The Morgan fingerprint density at radius 2 is 1.94 bits per heavy atom. The third-order valence-corrected chi connectivity index (χ3v) is 1.88. The van der Waals surface area contributed by atoms with Gasteiger partial charge in [-0.05, 0) is 19.1 Å². The first-order chi connectivity index (χ1) is 7.90. The molecule has 0 aliphatic carbocycles. The van der Waals surface area contributed by atoms with Crippen LogP contribution in [0.25, 0.3) is 0 Å². The van der Waals surface area contributed by atoms with Crippen molar-refractivity contribution in [1.29, 1.82) is 0 Å². The highest BCUT2D eigenvalue weighted by Crippen LogP contribution is 2.13. The third kappa shape index (κ3) is 3.67. The van der Waals surface area contributed by atoms with Gasteiger partial charge in [-0.1, -0.05) is 0 Å². The molecule has 1 rings (SSSR count). The zero-order valence-corrected chi connectivity index (χ0v) is 8.83. The predicted octanol–water partition coefficient (Wildman–Crippen LogP) is 1.93. The lowest BCUT2D eigenvalue weighted by molar-refractivity contribution is -0.131. The predicted molar refractivity (Wildman–Crippen MR) is 56.4 cm³/mol. The summed E-state index contributed by atoms with van der Waals surface area (Å²) in [6.45, 7) is 1.29. The monoisotopic (exact) mass is 241 g/mol. The Hall–Kier alpha value is -2.24. The van der Waals surface area contributed by atoms with Crippen LogP contribution in [-0.2, 0) is 9.59 Å². The minimum atomic E-state index is -1.26. The number of nitrogens with one attached hydrogen (secondary N) is 1. The first-order valence-corrected chi connectivity index (χ1v) is 4.58. The van der Waals surface area contributed by atoms with Crippen molar-refractivity contribution >= 4 is 17.6 Å². The summed E-state index contributed by atoms with van der Waals surface area (Å²) in [7, 11) is 0. The second-order valence-electron chi connectivity index (χ2n) is 3.25. The SMILES string of the molecule is C/C(=C\C(=O)O)C(=O)Nc1ccc(F)c(F)c1. The number of benzene rings is 1. The maximum atomic E-state index is 12.8. The van der Waals surface area contributed by atoms with E-state index in [1.165, 1.54) is 13.0 Å². The molecule has 90 valence electrons. The second-order valence-corrected chi connectivity index (χ2v) is 3.25. The molecule has 0 aliphatic rings. The van der Waals surface area contributed by atoms with Crippen LogP contribution >= 0.6 is 0 Å². The van der Waals surface area contributed by atoms with Crippen LogP contribution < -0.4 is 5.32 Å². The van der Waals surface area contributed by atoms with Crippen LogP contribution in [0.1, 0.15) is 6.92 Å². The minimum Gasteiger partial charge on any atom is -0.478 e. The largest absolute Gasteiger partial charge is 0.478 e. The second kappa shape index (κ2) is 5.20. The Morgan fingerprint density at radius 3 is 2.47 bits per heavy atom. The molecule has 0 saturated heterocycles. The Kier molecular flexibility index (Phi) is 3.92. The van der Waals surface area contributed by atoms with Gasteiger partial charge in [-0.2, -0.15) is 0 Å². The van der Waals surface area contributed by atoms with E-state index in [1.807, 2.05) is 0 Å². The van der Waals surface area contributed by atoms with E-state index in [2.05, 4.69) is 5.32 Å². The van der Waals surface area contributed by atoms with Crippen LogP contribution in [0.15, 0.2) is 29.8 Å². The highest BCUT2D eigenvalue weighted by atomic mass is 19.2. The van der Waals surface area contributed by atoms with Gasteiger partial charge in [0.1, 0.15) is 0 Å². The number of amides is 1. The van der Waals surface area contributed by atoms with Crippen molar-refractivity contribution in [2.75, 3.05) is 5.32 Å². The van der Waals surface area contributed by atoms with E-state index >= 15 is 0 Å². The highest BCUT2D eigenvalue weighted by molar-refractivity contribution is 6.06. The van der Waals surface area contributed by atoms with E-state index < -0.39 is 23.5 Å². The Labute approximate surface area is 95.6 Å². The maximum absolute atomic E-state index is 12.8. The normalized spacial score (nSPS) is 11.1. The topological polar surface area (TPSA) is 66.4 Å². The van der Waals surface area contributed by atoms with Crippen LogP contribution in [0.5, 0.6) is 0 Å². The summed E-state index contributed by atoms with van der Waals surface area (Å²) >= 11 is 0. The van der Waals surface area contributed by atoms with Gasteiger partial charge in [-0.3, -0.25) is 4.79 Å². The number of halogens is 2. The lowest BCUT2D eigenvalue weighted by atomic mass is 10.2. The molecule has 0 aliphatic heterocycles. The number of carboxylic acid groups (broad SMARTS) is 1. The van der Waals surface area contributed by atoms with Crippen molar-refractivity contribution in [3.63, 3.8) is 0 Å². The molecule has 1 amide bonds. The number of carbonyl (C=O) groups is 2. The van der Waals surface area contributed by atoms with Crippen LogP contribution in [-0.4, -0.2) is 17.0 Å². The lowest BCUT2D eigenvalue weighted by Gasteiger charge is -2.05. The minimum absolute atomic E-state index is 0.0482. The molecule has 0 radical (unpaired) electrons. The van der Waals surface area contributed by atoms with Gasteiger partial charge >= 0.3 is 5.97 Å². The van der Waals surface area contributed by atoms with E-state index in [-0.39, 0.29) is 11.3 Å². The van der Waals surface area contributed by atoms with Gasteiger partial charge in [0.15, 0.2) is 11.6 Å². The van der Waals surface area contributed by atoms with Crippen molar-refractivity contribution < 1.29 is 23.5 Å². The summed E-state index contributed by atoms with van der Waals surface area (Å²) in [6, 6.07) is 2.84. The van der Waals surface area contributed by atoms with Crippen LogP contribution in [0.2, 0.25) is 0 Å². The van der Waals surface area contributed by atoms with Gasteiger partial charge in [-0.15, -0.1) is 0 Å². The summed E-state index contributed by atoms with van der Waals surface area (Å²) in [4.78, 5) is 21.7. The Bertz CT molecular complexity index is 497. The molecular weight excluding hydrogens is 232 g/mol. The van der Waals surface area contributed by atoms with Gasteiger partial charge in [0.25, 0.3) is 5.91 Å². The molecule has 4 nitrogen and oxygen atoms in total. The number of carbonyl (C=O) groups excluding carboxylic acids is 1. The summed E-state index contributed by atoms with van der Waals surface area (Å²) in [5, 5.41) is 10.7. The molecule has 0 atom stereocenters. The van der Waals surface area contributed by atoms with Crippen LogP contribution in [0.3, 0.4) is 0 Å². The smallest absolute Gasteiger partial charge is 0.328 e. The Morgan fingerprint density at radius 1 is 1.29 bits per heavy atom.